The number of phenolic OH excluding ortho intramolecular Hbond substituents is 1. The monoisotopic (exact) mass is 401 g/mol. The molecule has 2 unspecified atom stereocenters. The van der Waals surface area contributed by atoms with Crippen LogP contribution in [0.1, 0.15) is 36.2 Å². The molecule has 0 radical (unpaired) electrons. The zero-order valence-electron chi connectivity index (χ0n) is 17.7. The molecule has 1 saturated heterocycles. The van der Waals surface area contributed by atoms with Crippen LogP contribution in [0, 0.1) is 18.8 Å². The lowest BCUT2D eigenvalue weighted by Crippen LogP contribution is -2.42. The van der Waals surface area contributed by atoms with Gasteiger partial charge in [-0.25, -0.2) is 9.97 Å². The number of aromatic hydroxyl groups is 1. The van der Waals surface area contributed by atoms with Crippen LogP contribution in [0.4, 0.5) is 0 Å². The molecule has 2 heterocycles. The molecule has 5 heteroatoms. The highest BCUT2D eigenvalue weighted by Gasteiger charge is 2.26. The topological polar surface area (TPSA) is 66.3 Å². The number of hydrogen-bond donors (Lipinski definition) is 1. The number of carbonyl (C=O) groups excluding carboxylic acids is 1. The summed E-state index contributed by atoms with van der Waals surface area (Å²) in [6.45, 7) is 7.93. The Morgan fingerprint density at radius 3 is 2.17 bits per heavy atom. The quantitative estimate of drug-likeness (QED) is 0.675. The molecule has 1 amide bonds. The molecule has 3 aromatic rings. The van der Waals surface area contributed by atoms with E-state index in [1.807, 2.05) is 54.3 Å². The SMILES string of the molecule is Cc1cc(-c2cc(-c3ccc(C(=O)N4CC(C)CC(C)C4)cc3)ncn2)ccc1O. The fourth-order valence-corrected chi connectivity index (χ4v) is 4.28. The van der Waals surface area contributed by atoms with Crippen molar-refractivity contribution in [2.75, 3.05) is 13.1 Å². The Morgan fingerprint density at radius 1 is 0.933 bits per heavy atom. The molecule has 2 atom stereocenters. The molecule has 1 aliphatic rings. The zero-order chi connectivity index (χ0) is 21.3. The summed E-state index contributed by atoms with van der Waals surface area (Å²) in [6, 6.07) is 15.0. The molecule has 154 valence electrons. The van der Waals surface area contributed by atoms with Crippen molar-refractivity contribution in [1.82, 2.24) is 14.9 Å². The van der Waals surface area contributed by atoms with Crippen molar-refractivity contribution in [3.63, 3.8) is 0 Å². The minimum Gasteiger partial charge on any atom is -0.508 e. The first-order chi connectivity index (χ1) is 14.4. The molecule has 1 N–H and O–H groups in total. The number of hydrogen-bond acceptors (Lipinski definition) is 4. The summed E-state index contributed by atoms with van der Waals surface area (Å²) in [5.74, 6) is 1.45. The van der Waals surface area contributed by atoms with Gasteiger partial charge >= 0.3 is 0 Å². The fourth-order valence-electron chi connectivity index (χ4n) is 4.28. The Morgan fingerprint density at radius 2 is 1.53 bits per heavy atom. The third-order valence-corrected chi connectivity index (χ3v) is 5.74. The van der Waals surface area contributed by atoms with Crippen LogP contribution in [0.15, 0.2) is 54.9 Å². The number of carbonyl (C=O) groups is 1. The van der Waals surface area contributed by atoms with Crippen LogP contribution in [0.5, 0.6) is 5.75 Å². The van der Waals surface area contributed by atoms with Crippen LogP contribution in [0.2, 0.25) is 0 Å². The van der Waals surface area contributed by atoms with Gasteiger partial charge in [-0.1, -0.05) is 26.0 Å². The first-order valence-corrected chi connectivity index (χ1v) is 10.4. The smallest absolute Gasteiger partial charge is 0.253 e. The number of phenols is 1. The molecule has 2 aromatic carbocycles. The Kier molecular flexibility index (Phi) is 5.53. The van der Waals surface area contributed by atoms with E-state index in [4.69, 9.17) is 0 Å². The first kappa shape index (κ1) is 20.1. The molecule has 1 aliphatic heterocycles. The van der Waals surface area contributed by atoms with E-state index in [2.05, 4.69) is 23.8 Å². The van der Waals surface area contributed by atoms with E-state index in [9.17, 15) is 9.90 Å². The normalized spacial score (nSPS) is 19.0. The van der Waals surface area contributed by atoms with E-state index < -0.39 is 0 Å². The maximum absolute atomic E-state index is 12.9. The standard InChI is InChI=1S/C25H27N3O2/c1-16-10-17(2)14-28(13-16)25(30)20-6-4-19(5-7-20)22-12-23(27-15-26-22)21-8-9-24(29)18(3)11-21/h4-9,11-12,15-17,29H,10,13-14H2,1-3H3. The molecule has 4 rings (SSSR count). The van der Waals surface area contributed by atoms with Gasteiger partial charge in [-0.3, -0.25) is 4.79 Å². The molecule has 0 saturated carbocycles. The second-order valence-electron chi connectivity index (χ2n) is 8.52. The maximum atomic E-state index is 12.9. The van der Waals surface area contributed by atoms with Crippen LogP contribution in [-0.4, -0.2) is 39.0 Å². The Labute approximate surface area is 177 Å². The zero-order valence-corrected chi connectivity index (χ0v) is 17.7. The minimum absolute atomic E-state index is 0.0999. The third-order valence-electron chi connectivity index (χ3n) is 5.74. The number of benzene rings is 2. The van der Waals surface area contributed by atoms with Gasteiger partial charge in [-0.05, 0) is 67.1 Å². The van der Waals surface area contributed by atoms with E-state index >= 15 is 0 Å². The van der Waals surface area contributed by atoms with E-state index in [1.54, 1.807) is 12.4 Å². The highest BCUT2D eigenvalue weighted by molar-refractivity contribution is 5.94. The average molecular weight is 402 g/mol. The summed E-state index contributed by atoms with van der Waals surface area (Å²) in [5, 5.41) is 9.75. The number of aryl methyl sites for hydroxylation is 1. The Hall–Kier alpha value is -3.21. The second-order valence-corrected chi connectivity index (χ2v) is 8.52. The Balaban J connectivity index is 1.55. The number of amides is 1. The summed E-state index contributed by atoms with van der Waals surface area (Å²) in [4.78, 5) is 23.7. The van der Waals surface area contributed by atoms with Crippen molar-refractivity contribution in [3.05, 3.63) is 66.0 Å². The lowest BCUT2D eigenvalue weighted by atomic mass is 9.91. The minimum atomic E-state index is 0.0999. The highest BCUT2D eigenvalue weighted by Crippen LogP contribution is 2.27. The number of nitrogens with zero attached hydrogens (tertiary/aromatic N) is 3. The van der Waals surface area contributed by atoms with Crippen LogP contribution >= 0.6 is 0 Å². The fraction of sp³-hybridized carbons (Fsp3) is 0.320. The van der Waals surface area contributed by atoms with Gasteiger partial charge < -0.3 is 10.0 Å². The van der Waals surface area contributed by atoms with Crippen molar-refractivity contribution in [1.29, 1.82) is 0 Å². The molecule has 1 aromatic heterocycles. The second kappa shape index (κ2) is 8.27. The Bertz CT molecular complexity index is 1050. The first-order valence-electron chi connectivity index (χ1n) is 10.4. The number of likely N-dealkylation sites (tertiary alicyclic amines) is 1. The molecule has 5 nitrogen and oxygen atoms in total. The van der Waals surface area contributed by atoms with Crippen LogP contribution in [0.3, 0.4) is 0 Å². The van der Waals surface area contributed by atoms with Gasteiger partial charge in [0.25, 0.3) is 5.91 Å². The third kappa shape index (κ3) is 4.20. The van der Waals surface area contributed by atoms with E-state index in [1.165, 1.54) is 6.42 Å². The van der Waals surface area contributed by atoms with E-state index in [0.717, 1.165) is 41.2 Å². The lowest BCUT2D eigenvalue weighted by molar-refractivity contribution is 0.0623. The van der Waals surface area contributed by atoms with Gasteiger partial charge in [0.05, 0.1) is 11.4 Å². The van der Waals surface area contributed by atoms with Gasteiger partial charge in [0.1, 0.15) is 12.1 Å². The molecule has 0 bridgehead atoms. The molecular weight excluding hydrogens is 374 g/mol. The van der Waals surface area contributed by atoms with Gasteiger partial charge in [-0.2, -0.15) is 0 Å². The van der Waals surface area contributed by atoms with Crippen LogP contribution in [0.25, 0.3) is 22.5 Å². The largest absolute Gasteiger partial charge is 0.508 e. The van der Waals surface area contributed by atoms with Crippen molar-refractivity contribution < 1.29 is 9.90 Å². The predicted molar refractivity (Wildman–Crippen MR) is 118 cm³/mol. The molecule has 30 heavy (non-hydrogen) atoms. The molecule has 1 fully saturated rings. The average Bonchev–Trinajstić information content (AvgIpc) is 2.75. The maximum Gasteiger partial charge on any atom is 0.253 e. The van der Waals surface area contributed by atoms with Crippen molar-refractivity contribution in [2.45, 2.75) is 27.2 Å². The summed E-state index contributed by atoms with van der Waals surface area (Å²) < 4.78 is 0. The van der Waals surface area contributed by atoms with E-state index in [-0.39, 0.29) is 11.7 Å². The number of rotatable bonds is 3. The van der Waals surface area contributed by atoms with Crippen LogP contribution < -0.4 is 0 Å². The van der Waals surface area contributed by atoms with Crippen molar-refractivity contribution in [3.8, 4) is 28.3 Å². The molecule has 0 spiro atoms. The van der Waals surface area contributed by atoms with Crippen molar-refractivity contribution >= 4 is 5.91 Å². The summed E-state index contributed by atoms with van der Waals surface area (Å²) in [6.07, 6.45) is 2.72. The number of aromatic nitrogens is 2. The summed E-state index contributed by atoms with van der Waals surface area (Å²) in [7, 11) is 0. The van der Waals surface area contributed by atoms with Gasteiger partial charge in [-0.15, -0.1) is 0 Å². The van der Waals surface area contributed by atoms with Gasteiger partial charge in [0, 0.05) is 29.8 Å². The van der Waals surface area contributed by atoms with Crippen LogP contribution in [-0.2, 0) is 0 Å². The molecule has 0 aliphatic carbocycles. The summed E-state index contributed by atoms with van der Waals surface area (Å²) >= 11 is 0. The molecular formula is C25H27N3O2. The summed E-state index contributed by atoms with van der Waals surface area (Å²) in [5.41, 5.74) is 4.96. The van der Waals surface area contributed by atoms with Gasteiger partial charge in [0.2, 0.25) is 0 Å². The van der Waals surface area contributed by atoms with E-state index in [0.29, 0.717) is 17.4 Å². The predicted octanol–water partition coefficient (Wildman–Crippen LogP) is 4.94. The number of piperidine rings is 1. The van der Waals surface area contributed by atoms with Crippen molar-refractivity contribution in [2.24, 2.45) is 11.8 Å². The lowest BCUT2D eigenvalue weighted by Gasteiger charge is -2.35. The van der Waals surface area contributed by atoms with Gasteiger partial charge in [0.15, 0.2) is 0 Å². The highest BCUT2D eigenvalue weighted by atomic mass is 16.3.